The minimum Gasteiger partial charge on any atom is -0.330 e. The van der Waals surface area contributed by atoms with Gasteiger partial charge >= 0.3 is 0 Å². The van der Waals surface area contributed by atoms with Gasteiger partial charge in [0.05, 0.1) is 16.7 Å². The summed E-state index contributed by atoms with van der Waals surface area (Å²) in [6.45, 7) is 6.28. The van der Waals surface area contributed by atoms with Crippen molar-refractivity contribution in [1.29, 1.82) is 0 Å². The van der Waals surface area contributed by atoms with E-state index in [0.717, 1.165) is 24.0 Å². The van der Waals surface area contributed by atoms with E-state index in [0.29, 0.717) is 42.3 Å². The van der Waals surface area contributed by atoms with Gasteiger partial charge in [-0.05, 0) is 79.8 Å². The number of hydrogen-bond donors (Lipinski definition) is 0. The lowest BCUT2D eigenvalue weighted by Gasteiger charge is -2.52. The highest BCUT2D eigenvalue weighted by molar-refractivity contribution is 7.90. The Labute approximate surface area is 236 Å². The molecule has 1 saturated heterocycles. The van der Waals surface area contributed by atoms with Crippen molar-refractivity contribution < 1.29 is 13.2 Å². The van der Waals surface area contributed by atoms with Crippen LogP contribution in [0.2, 0.25) is 10.0 Å². The van der Waals surface area contributed by atoms with Gasteiger partial charge in [0, 0.05) is 35.6 Å². The number of likely N-dealkylation sites (tertiary alicyclic amines) is 1. The monoisotopic (exact) mass is 574 g/mol. The number of amides is 1. The van der Waals surface area contributed by atoms with Crippen molar-refractivity contribution in [2.75, 3.05) is 13.6 Å². The molecule has 0 radical (unpaired) electrons. The number of nitrogens with zero attached hydrogens (tertiary/aromatic N) is 2. The summed E-state index contributed by atoms with van der Waals surface area (Å²) in [5.74, 6) is 0.283. The SMILES string of the molecule is C=CC[C@@]1(C)CC(c2cccc(Cl)c2)C(c2ccc(Cl)cc2)N(C(CN(C)S(=O)(=O)C2CC2)C2CC2)C1=O. The molecule has 2 aromatic rings. The van der Waals surface area contributed by atoms with Crippen molar-refractivity contribution in [2.24, 2.45) is 11.3 Å². The highest BCUT2D eigenvalue weighted by atomic mass is 35.5. The summed E-state index contributed by atoms with van der Waals surface area (Å²) >= 11 is 12.7. The third-order valence-electron chi connectivity index (χ3n) is 8.53. The van der Waals surface area contributed by atoms with Gasteiger partial charge in [0.25, 0.3) is 0 Å². The number of hydrogen-bond acceptors (Lipinski definition) is 3. The van der Waals surface area contributed by atoms with Crippen LogP contribution in [-0.2, 0) is 14.8 Å². The first-order chi connectivity index (χ1) is 18.0. The van der Waals surface area contributed by atoms with Gasteiger partial charge in [-0.1, -0.05) is 60.5 Å². The highest BCUT2D eigenvalue weighted by Gasteiger charge is 2.54. The van der Waals surface area contributed by atoms with Crippen molar-refractivity contribution >= 4 is 39.1 Å². The van der Waals surface area contributed by atoms with E-state index in [1.54, 1.807) is 7.05 Å². The molecule has 4 atom stereocenters. The van der Waals surface area contributed by atoms with Crippen LogP contribution in [0.1, 0.15) is 68.5 Å². The minimum absolute atomic E-state index is 0.0379. The molecule has 0 aromatic heterocycles. The van der Waals surface area contributed by atoms with Crippen molar-refractivity contribution in [3.8, 4) is 0 Å². The number of piperidine rings is 1. The lowest BCUT2D eigenvalue weighted by Crippen LogP contribution is -2.58. The zero-order valence-electron chi connectivity index (χ0n) is 22.0. The quantitative estimate of drug-likeness (QED) is 0.292. The maximum absolute atomic E-state index is 14.5. The Morgan fingerprint density at radius 1 is 1.08 bits per heavy atom. The maximum Gasteiger partial charge on any atom is 0.229 e. The summed E-state index contributed by atoms with van der Waals surface area (Å²) in [5.41, 5.74) is 1.39. The fourth-order valence-corrected chi connectivity index (χ4v) is 8.11. The van der Waals surface area contributed by atoms with Crippen LogP contribution >= 0.6 is 23.2 Å². The molecule has 204 valence electrons. The van der Waals surface area contributed by atoms with Crippen molar-refractivity contribution in [3.05, 3.63) is 82.4 Å². The van der Waals surface area contributed by atoms with Crippen LogP contribution < -0.4 is 0 Å². The highest BCUT2D eigenvalue weighted by Crippen LogP contribution is 2.54. The van der Waals surface area contributed by atoms with Crippen LogP contribution in [0.4, 0.5) is 0 Å². The average molecular weight is 576 g/mol. The van der Waals surface area contributed by atoms with Gasteiger partial charge in [0.1, 0.15) is 0 Å². The van der Waals surface area contributed by atoms with Crippen molar-refractivity contribution in [3.63, 3.8) is 0 Å². The largest absolute Gasteiger partial charge is 0.330 e. The van der Waals surface area contributed by atoms with Gasteiger partial charge in [-0.2, -0.15) is 0 Å². The summed E-state index contributed by atoms with van der Waals surface area (Å²) in [6.07, 6.45) is 6.40. The summed E-state index contributed by atoms with van der Waals surface area (Å²) in [6, 6.07) is 15.1. The smallest absolute Gasteiger partial charge is 0.229 e. The summed E-state index contributed by atoms with van der Waals surface area (Å²) in [7, 11) is -1.70. The van der Waals surface area contributed by atoms with E-state index in [2.05, 4.69) is 12.6 Å². The van der Waals surface area contributed by atoms with Gasteiger partial charge in [-0.25, -0.2) is 12.7 Å². The standard InChI is InChI=1S/C30H36Cl2N2O3S/c1-4-16-30(2)18-26(22-6-5-7-24(32)17-22)28(21-10-12-23(31)13-11-21)34(29(30)35)27(20-8-9-20)19-33(3)38(36,37)25-14-15-25/h4-7,10-13,17,20,25-28H,1,8-9,14-16,18-19H2,2-3H3/t26?,27?,28?,30-/m0/s1. The first-order valence-electron chi connectivity index (χ1n) is 13.4. The molecule has 3 fully saturated rings. The zero-order valence-corrected chi connectivity index (χ0v) is 24.4. The summed E-state index contributed by atoms with van der Waals surface area (Å²) < 4.78 is 27.8. The van der Waals surface area contributed by atoms with Gasteiger partial charge in [-0.15, -0.1) is 6.58 Å². The van der Waals surface area contributed by atoms with E-state index >= 15 is 0 Å². The Morgan fingerprint density at radius 3 is 2.34 bits per heavy atom. The average Bonchev–Trinajstić information content (AvgIpc) is 3.78. The molecule has 3 unspecified atom stereocenters. The third-order valence-corrected chi connectivity index (χ3v) is 11.4. The molecule has 38 heavy (non-hydrogen) atoms. The number of benzene rings is 2. The number of likely N-dealkylation sites (N-methyl/N-ethyl adjacent to an activating group) is 1. The van der Waals surface area contributed by atoms with Gasteiger partial charge < -0.3 is 4.90 Å². The lowest BCUT2D eigenvalue weighted by atomic mass is 9.67. The van der Waals surface area contributed by atoms with Crippen LogP contribution in [0, 0.1) is 11.3 Å². The fraction of sp³-hybridized carbons (Fsp3) is 0.500. The molecule has 0 bridgehead atoms. The number of sulfonamides is 1. The first-order valence-corrected chi connectivity index (χ1v) is 15.7. The first kappa shape index (κ1) is 27.7. The van der Waals surface area contributed by atoms with E-state index in [-0.39, 0.29) is 35.1 Å². The molecular formula is C30H36Cl2N2O3S. The van der Waals surface area contributed by atoms with Gasteiger partial charge in [0.15, 0.2) is 0 Å². The molecule has 0 N–H and O–H groups in total. The van der Waals surface area contributed by atoms with Crippen LogP contribution in [0.15, 0.2) is 61.2 Å². The Morgan fingerprint density at radius 2 is 1.76 bits per heavy atom. The van der Waals surface area contributed by atoms with Gasteiger partial charge in [-0.3, -0.25) is 4.79 Å². The molecule has 1 heterocycles. The van der Waals surface area contributed by atoms with Crippen LogP contribution in [0.3, 0.4) is 0 Å². The second-order valence-corrected chi connectivity index (χ2v) is 14.8. The molecule has 5 nitrogen and oxygen atoms in total. The van der Waals surface area contributed by atoms with Gasteiger partial charge in [0.2, 0.25) is 15.9 Å². The van der Waals surface area contributed by atoms with E-state index in [9.17, 15) is 13.2 Å². The molecule has 1 aliphatic heterocycles. The second-order valence-electron chi connectivity index (χ2n) is 11.6. The van der Waals surface area contributed by atoms with Crippen molar-refractivity contribution in [1.82, 2.24) is 9.21 Å². The normalized spacial score (nSPS) is 27.0. The maximum atomic E-state index is 14.5. The molecule has 5 rings (SSSR count). The second kappa shape index (κ2) is 10.6. The Balaban J connectivity index is 1.64. The molecule has 3 aliphatic rings. The zero-order chi connectivity index (χ0) is 27.2. The van der Waals surface area contributed by atoms with E-state index in [1.165, 1.54) is 4.31 Å². The minimum atomic E-state index is -3.38. The number of carbonyl (C=O) groups excluding carboxylic acids is 1. The summed E-state index contributed by atoms with van der Waals surface area (Å²) in [5, 5.41) is 0.995. The Hall–Kier alpha value is -1.86. The van der Waals surface area contributed by atoms with Crippen molar-refractivity contribution in [2.45, 2.75) is 68.7 Å². The number of carbonyl (C=O) groups is 1. The molecule has 2 aliphatic carbocycles. The molecular weight excluding hydrogens is 539 g/mol. The lowest BCUT2D eigenvalue weighted by molar-refractivity contribution is -0.155. The topological polar surface area (TPSA) is 57.7 Å². The fourth-order valence-electron chi connectivity index (χ4n) is 6.19. The van der Waals surface area contributed by atoms with E-state index < -0.39 is 15.4 Å². The predicted octanol–water partition coefficient (Wildman–Crippen LogP) is 6.84. The molecule has 0 spiro atoms. The Kier molecular flexibility index (Phi) is 7.73. The molecule has 2 saturated carbocycles. The molecule has 8 heteroatoms. The number of halogens is 2. The predicted molar refractivity (Wildman–Crippen MR) is 154 cm³/mol. The third kappa shape index (κ3) is 5.42. The van der Waals surface area contributed by atoms with E-state index in [1.807, 2.05) is 60.4 Å². The van der Waals surface area contributed by atoms with Crippen LogP contribution in [-0.4, -0.2) is 48.4 Å². The number of rotatable bonds is 10. The Bertz CT molecular complexity index is 1310. The summed E-state index contributed by atoms with van der Waals surface area (Å²) in [4.78, 5) is 16.6. The number of allylic oxidation sites excluding steroid dienone is 1. The molecule has 2 aromatic carbocycles. The van der Waals surface area contributed by atoms with Crippen LogP contribution in [0.25, 0.3) is 0 Å². The van der Waals surface area contributed by atoms with Crippen LogP contribution in [0.5, 0.6) is 0 Å². The van der Waals surface area contributed by atoms with E-state index in [4.69, 9.17) is 23.2 Å². The molecule has 1 amide bonds.